The highest BCUT2D eigenvalue weighted by molar-refractivity contribution is 7.92. The Kier molecular flexibility index (Phi) is 10.7. The quantitative estimate of drug-likeness (QED) is 0.281. The molecule has 1 N–H and O–H groups in total. The van der Waals surface area contributed by atoms with Gasteiger partial charge in [-0.2, -0.15) is 0 Å². The molecule has 0 heterocycles. The second-order valence-corrected chi connectivity index (χ2v) is 12.3. The molecule has 3 rings (SSSR count). The fourth-order valence-electron chi connectivity index (χ4n) is 3.77. The molecule has 0 radical (unpaired) electrons. The summed E-state index contributed by atoms with van der Waals surface area (Å²) in [5.74, 6) is -0.942. The summed E-state index contributed by atoms with van der Waals surface area (Å²) in [7, 11) is -4.21. The van der Waals surface area contributed by atoms with Gasteiger partial charge in [0.05, 0.1) is 10.6 Å². The van der Waals surface area contributed by atoms with Gasteiger partial charge in [0.25, 0.3) is 10.0 Å². The maximum absolute atomic E-state index is 13.9. The van der Waals surface area contributed by atoms with Crippen LogP contribution in [0.3, 0.4) is 0 Å². The number of nitrogens with zero attached hydrogens (tertiary/aromatic N) is 2. The van der Waals surface area contributed by atoms with E-state index in [1.807, 2.05) is 13.8 Å². The van der Waals surface area contributed by atoms with Gasteiger partial charge in [-0.25, -0.2) is 8.42 Å². The number of anilines is 1. The summed E-state index contributed by atoms with van der Waals surface area (Å²) in [6.07, 6.45) is 0.711. The Balaban J connectivity index is 2.04. The molecular weight excluding hydrogens is 581 g/mol. The molecule has 2 amide bonds. The highest BCUT2D eigenvalue weighted by Crippen LogP contribution is 2.30. The number of hydrogen-bond donors (Lipinski definition) is 1. The molecule has 7 nitrogen and oxygen atoms in total. The third-order valence-corrected chi connectivity index (χ3v) is 8.66. The van der Waals surface area contributed by atoms with E-state index >= 15 is 0 Å². The first-order chi connectivity index (χ1) is 18.4. The van der Waals surface area contributed by atoms with E-state index in [9.17, 15) is 18.0 Å². The van der Waals surface area contributed by atoms with Crippen molar-refractivity contribution in [2.45, 2.75) is 50.7 Å². The summed E-state index contributed by atoms with van der Waals surface area (Å²) in [6, 6.07) is 17.9. The topological polar surface area (TPSA) is 86.8 Å². The largest absolute Gasteiger partial charge is 0.352 e. The molecule has 0 aliphatic heterocycles. The lowest BCUT2D eigenvalue weighted by atomic mass is 10.1. The number of nitrogens with one attached hydrogen (secondary N) is 1. The van der Waals surface area contributed by atoms with Crippen molar-refractivity contribution in [1.29, 1.82) is 0 Å². The molecular formula is C28H30Cl3N3O4S. The minimum absolute atomic E-state index is 0.0132. The molecule has 3 aromatic carbocycles. The Hall–Kier alpha value is -2.78. The van der Waals surface area contributed by atoms with E-state index < -0.39 is 28.5 Å². The Morgan fingerprint density at radius 2 is 1.46 bits per heavy atom. The van der Waals surface area contributed by atoms with E-state index in [0.717, 1.165) is 9.87 Å². The van der Waals surface area contributed by atoms with Crippen molar-refractivity contribution < 1.29 is 18.0 Å². The van der Waals surface area contributed by atoms with Crippen LogP contribution in [-0.2, 0) is 26.2 Å². The van der Waals surface area contributed by atoms with Gasteiger partial charge in [-0.15, -0.1) is 0 Å². The zero-order valence-corrected chi connectivity index (χ0v) is 24.9. The van der Waals surface area contributed by atoms with Crippen LogP contribution in [0.15, 0.2) is 77.7 Å². The molecule has 0 saturated heterocycles. The van der Waals surface area contributed by atoms with Crippen LogP contribution in [0.4, 0.5) is 5.69 Å². The zero-order valence-electron chi connectivity index (χ0n) is 21.8. The van der Waals surface area contributed by atoms with E-state index in [0.29, 0.717) is 11.4 Å². The van der Waals surface area contributed by atoms with Crippen molar-refractivity contribution in [3.63, 3.8) is 0 Å². The van der Waals surface area contributed by atoms with Crippen LogP contribution >= 0.6 is 34.8 Å². The predicted molar refractivity (Wildman–Crippen MR) is 157 cm³/mol. The summed E-state index contributed by atoms with van der Waals surface area (Å²) in [5, 5.41) is 3.83. The molecule has 0 aliphatic carbocycles. The first-order valence-electron chi connectivity index (χ1n) is 12.3. The number of rotatable bonds is 11. The molecule has 39 heavy (non-hydrogen) atoms. The molecule has 11 heteroatoms. The van der Waals surface area contributed by atoms with E-state index in [4.69, 9.17) is 34.8 Å². The summed E-state index contributed by atoms with van der Waals surface area (Å²) >= 11 is 18.4. The van der Waals surface area contributed by atoms with Crippen molar-refractivity contribution in [3.05, 3.63) is 93.4 Å². The lowest BCUT2D eigenvalue weighted by Gasteiger charge is -2.32. The number of sulfonamides is 1. The van der Waals surface area contributed by atoms with Crippen LogP contribution in [0.5, 0.6) is 0 Å². The number of carbonyl (C=O) groups is 2. The lowest BCUT2D eigenvalue weighted by molar-refractivity contribution is -0.139. The monoisotopic (exact) mass is 609 g/mol. The minimum atomic E-state index is -4.21. The highest BCUT2D eigenvalue weighted by Gasteiger charge is 2.33. The summed E-state index contributed by atoms with van der Waals surface area (Å²) in [6.45, 7) is 4.88. The zero-order chi connectivity index (χ0) is 28.7. The molecule has 0 aromatic heterocycles. The Labute approximate surface area is 244 Å². The van der Waals surface area contributed by atoms with Crippen LogP contribution in [0.2, 0.25) is 15.1 Å². The Bertz CT molecular complexity index is 1380. The normalized spacial score (nSPS) is 12.9. The number of benzene rings is 3. The van der Waals surface area contributed by atoms with Crippen molar-refractivity contribution in [2.75, 3.05) is 10.8 Å². The number of hydrogen-bond acceptors (Lipinski definition) is 4. The molecule has 0 fully saturated rings. The van der Waals surface area contributed by atoms with Gasteiger partial charge >= 0.3 is 0 Å². The van der Waals surface area contributed by atoms with Crippen LogP contribution in [0.1, 0.15) is 32.8 Å². The molecule has 0 aliphatic rings. The fourth-order valence-corrected chi connectivity index (χ4v) is 5.83. The minimum Gasteiger partial charge on any atom is -0.352 e. The standard InChI is InChI=1S/C28H30Cl3N3O4S/c1-4-19(2)32-28(36)20(3)33(17-21-10-12-22(29)13-11-21)27(35)18-34(25-15-23(30)14-24(31)16-25)39(37,38)26-8-6-5-7-9-26/h5-16,19-20H,4,17-18H2,1-3H3,(H,32,36)/t19-,20-/m1/s1. The first kappa shape index (κ1) is 30.8. The number of halogens is 3. The van der Waals surface area contributed by atoms with Crippen LogP contribution in [0, 0.1) is 0 Å². The number of carbonyl (C=O) groups excluding carboxylic acids is 2. The van der Waals surface area contributed by atoms with Crippen molar-refractivity contribution in [1.82, 2.24) is 10.2 Å². The first-order valence-corrected chi connectivity index (χ1v) is 14.9. The van der Waals surface area contributed by atoms with Gasteiger partial charge < -0.3 is 10.2 Å². The van der Waals surface area contributed by atoms with Gasteiger partial charge in [0.1, 0.15) is 12.6 Å². The third kappa shape index (κ3) is 8.11. The molecule has 0 saturated carbocycles. The van der Waals surface area contributed by atoms with Gasteiger partial charge in [-0.3, -0.25) is 13.9 Å². The molecule has 0 bridgehead atoms. The molecule has 2 atom stereocenters. The van der Waals surface area contributed by atoms with Crippen molar-refractivity contribution >= 4 is 62.3 Å². The fraction of sp³-hybridized carbons (Fsp3) is 0.286. The smallest absolute Gasteiger partial charge is 0.264 e. The van der Waals surface area contributed by atoms with Crippen LogP contribution in [0.25, 0.3) is 0 Å². The average Bonchev–Trinajstić information content (AvgIpc) is 2.90. The summed E-state index contributed by atoms with van der Waals surface area (Å²) in [4.78, 5) is 28.3. The maximum Gasteiger partial charge on any atom is 0.264 e. The van der Waals surface area contributed by atoms with E-state index in [-0.39, 0.29) is 39.1 Å². The average molecular weight is 611 g/mol. The second kappa shape index (κ2) is 13.5. The van der Waals surface area contributed by atoms with Gasteiger partial charge in [-0.05, 0) is 68.3 Å². The third-order valence-electron chi connectivity index (χ3n) is 6.18. The summed E-state index contributed by atoms with van der Waals surface area (Å²) < 4.78 is 28.5. The van der Waals surface area contributed by atoms with Crippen LogP contribution in [-0.4, -0.2) is 43.8 Å². The van der Waals surface area contributed by atoms with E-state index in [2.05, 4.69) is 5.32 Å². The van der Waals surface area contributed by atoms with Gasteiger partial charge in [0.2, 0.25) is 11.8 Å². The molecule has 0 spiro atoms. The Morgan fingerprint density at radius 1 is 0.872 bits per heavy atom. The van der Waals surface area contributed by atoms with E-state index in [1.54, 1.807) is 49.4 Å². The molecule has 0 unspecified atom stereocenters. The van der Waals surface area contributed by atoms with Crippen molar-refractivity contribution in [2.24, 2.45) is 0 Å². The van der Waals surface area contributed by atoms with Crippen molar-refractivity contribution in [3.8, 4) is 0 Å². The van der Waals surface area contributed by atoms with Gasteiger partial charge in [0.15, 0.2) is 0 Å². The van der Waals surface area contributed by atoms with Crippen LogP contribution < -0.4 is 9.62 Å². The number of amides is 2. The Morgan fingerprint density at radius 3 is 2.03 bits per heavy atom. The molecule has 3 aromatic rings. The van der Waals surface area contributed by atoms with Gasteiger partial charge in [0, 0.05) is 27.7 Å². The molecule has 208 valence electrons. The SMILES string of the molecule is CC[C@@H](C)NC(=O)[C@@H](C)N(Cc1ccc(Cl)cc1)C(=O)CN(c1cc(Cl)cc(Cl)c1)S(=O)(=O)c1ccccc1. The summed E-state index contributed by atoms with van der Waals surface area (Å²) in [5.41, 5.74) is 0.840. The highest BCUT2D eigenvalue weighted by atomic mass is 35.5. The van der Waals surface area contributed by atoms with E-state index in [1.165, 1.54) is 35.2 Å². The lowest BCUT2D eigenvalue weighted by Crippen LogP contribution is -2.52. The maximum atomic E-state index is 13.9. The predicted octanol–water partition coefficient (Wildman–Crippen LogP) is 6.17. The van der Waals surface area contributed by atoms with Gasteiger partial charge in [-0.1, -0.05) is 72.1 Å². The second-order valence-electron chi connectivity index (χ2n) is 9.09.